The van der Waals surface area contributed by atoms with Crippen LogP contribution in [-0.2, 0) is 0 Å². The van der Waals surface area contributed by atoms with Crippen molar-refractivity contribution in [3.8, 4) is 0 Å². The van der Waals surface area contributed by atoms with Crippen molar-refractivity contribution in [2.24, 2.45) is 16.2 Å². The van der Waals surface area contributed by atoms with E-state index in [1.54, 1.807) is 0 Å². The Labute approximate surface area is 42.0 Å². The van der Waals surface area contributed by atoms with Gasteiger partial charge >= 0.3 is 0 Å². The van der Waals surface area contributed by atoms with Crippen molar-refractivity contribution in [2.45, 2.75) is 6.42 Å². The zero-order valence-electron chi connectivity index (χ0n) is 4.04. The summed E-state index contributed by atoms with van der Waals surface area (Å²) >= 11 is 0. The van der Waals surface area contributed by atoms with E-state index in [1.807, 2.05) is 0 Å². The third-order valence-electron chi connectivity index (χ3n) is 0.498. The molecular formula is C3H9N3O. The van der Waals surface area contributed by atoms with Gasteiger partial charge < -0.3 is 10.9 Å². The standard InChI is InChI=1S/C3H9N3O/c4-6-5-2-1-3-7/h7H,1-3H2,(H2,4,5). The molecule has 0 aliphatic heterocycles. The lowest BCUT2D eigenvalue weighted by atomic mass is 10.5. The van der Waals surface area contributed by atoms with Gasteiger partial charge in [-0.2, -0.15) is 5.11 Å². The molecule has 0 saturated carbocycles. The highest BCUT2D eigenvalue weighted by atomic mass is 16.3. The highest BCUT2D eigenvalue weighted by molar-refractivity contribution is 4.34. The number of aliphatic hydroxyl groups is 1. The van der Waals surface area contributed by atoms with Crippen LogP contribution < -0.4 is 5.84 Å². The van der Waals surface area contributed by atoms with Gasteiger partial charge in [-0.05, 0) is 6.42 Å². The first kappa shape index (κ1) is 6.36. The van der Waals surface area contributed by atoms with Crippen molar-refractivity contribution < 1.29 is 5.11 Å². The van der Waals surface area contributed by atoms with Gasteiger partial charge in [0.1, 0.15) is 0 Å². The lowest BCUT2D eigenvalue weighted by molar-refractivity contribution is 0.290. The van der Waals surface area contributed by atoms with Crippen molar-refractivity contribution in [1.82, 2.24) is 0 Å². The van der Waals surface area contributed by atoms with Gasteiger partial charge in [0.15, 0.2) is 0 Å². The molecule has 4 heteroatoms. The molecule has 0 aromatic carbocycles. The van der Waals surface area contributed by atoms with Crippen LogP contribution in [0.2, 0.25) is 0 Å². The molecule has 0 heterocycles. The van der Waals surface area contributed by atoms with Crippen molar-refractivity contribution in [3.05, 3.63) is 0 Å². The predicted octanol–water partition coefficient (Wildman–Crippen LogP) is -0.305. The van der Waals surface area contributed by atoms with Crippen LogP contribution in [0.5, 0.6) is 0 Å². The largest absolute Gasteiger partial charge is 0.396 e. The van der Waals surface area contributed by atoms with E-state index in [0.717, 1.165) is 0 Å². The van der Waals surface area contributed by atoms with Gasteiger partial charge in [0.05, 0.1) is 6.54 Å². The average molecular weight is 103 g/mol. The fraction of sp³-hybridized carbons (Fsp3) is 1.00. The number of aliphatic hydroxyl groups excluding tert-OH is 1. The molecule has 42 valence electrons. The second-order valence-electron chi connectivity index (χ2n) is 1.06. The normalized spacial score (nSPS) is 10.4. The summed E-state index contributed by atoms with van der Waals surface area (Å²) in [5.41, 5.74) is 0. The molecule has 0 amide bonds. The smallest absolute Gasteiger partial charge is 0.0641 e. The fourth-order valence-corrected chi connectivity index (χ4v) is 0.199. The van der Waals surface area contributed by atoms with Crippen LogP contribution >= 0.6 is 0 Å². The Morgan fingerprint density at radius 1 is 1.57 bits per heavy atom. The molecule has 0 atom stereocenters. The Kier molecular flexibility index (Phi) is 4.87. The number of rotatable bonds is 3. The van der Waals surface area contributed by atoms with E-state index in [2.05, 4.69) is 16.2 Å². The highest BCUT2D eigenvalue weighted by Gasteiger charge is 1.76. The molecule has 0 aliphatic carbocycles. The number of hydrogen-bond donors (Lipinski definition) is 2. The Hall–Kier alpha value is -0.640. The monoisotopic (exact) mass is 103 g/mol. The summed E-state index contributed by atoms with van der Waals surface area (Å²) in [7, 11) is 0. The third-order valence-corrected chi connectivity index (χ3v) is 0.498. The van der Waals surface area contributed by atoms with E-state index in [1.165, 1.54) is 0 Å². The zero-order valence-corrected chi connectivity index (χ0v) is 4.04. The molecule has 3 N–H and O–H groups in total. The van der Waals surface area contributed by atoms with Crippen LogP contribution in [0.3, 0.4) is 0 Å². The summed E-state index contributed by atoms with van der Waals surface area (Å²) < 4.78 is 0. The molecule has 0 fully saturated rings. The highest BCUT2D eigenvalue weighted by Crippen LogP contribution is 1.75. The van der Waals surface area contributed by atoms with Gasteiger partial charge in [-0.25, -0.2) is 0 Å². The van der Waals surface area contributed by atoms with E-state index in [0.29, 0.717) is 13.0 Å². The quantitative estimate of drug-likeness (QED) is 0.223. The van der Waals surface area contributed by atoms with E-state index in [4.69, 9.17) is 5.11 Å². The van der Waals surface area contributed by atoms with Gasteiger partial charge in [-0.3, -0.25) is 0 Å². The van der Waals surface area contributed by atoms with Crippen molar-refractivity contribution in [2.75, 3.05) is 13.2 Å². The Morgan fingerprint density at radius 3 is 2.71 bits per heavy atom. The molecule has 0 rings (SSSR count). The molecule has 0 unspecified atom stereocenters. The average Bonchev–Trinajstić information content (AvgIpc) is 1.69. The number of nitrogens with zero attached hydrogens (tertiary/aromatic N) is 2. The van der Waals surface area contributed by atoms with Crippen LogP contribution in [0.25, 0.3) is 0 Å². The molecule has 0 aromatic heterocycles. The summed E-state index contributed by atoms with van der Waals surface area (Å²) in [5.74, 6) is 4.65. The number of hydrogen-bond acceptors (Lipinski definition) is 3. The summed E-state index contributed by atoms with van der Waals surface area (Å²) in [6, 6.07) is 0. The topological polar surface area (TPSA) is 71.0 Å². The van der Waals surface area contributed by atoms with Gasteiger partial charge in [0, 0.05) is 6.61 Å². The predicted molar refractivity (Wildman–Crippen MR) is 25.6 cm³/mol. The molecule has 0 radical (unpaired) electrons. The van der Waals surface area contributed by atoms with Gasteiger partial charge in [-0.1, -0.05) is 5.22 Å². The molecule has 7 heavy (non-hydrogen) atoms. The number of nitrogens with two attached hydrogens (primary N) is 1. The van der Waals surface area contributed by atoms with E-state index < -0.39 is 0 Å². The molecular weight excluding hydrogens is 94.1 g/mol. The molecule has 0 bridgehead atoms. The minimum Gasteiger partial charge on any atom is -0.396 e. The van der Waals surface area contributed by atoms with Crippen molar-refractivity contribution in [3.63, 3.8) is 0 Å². The van der Waals surface area contributed by atoms with Crippen LogP contribution in [0.1, 0.15) is 6.42 Å². The minimum atomic E-state index is 0.152. The Balaban J connectivity index is 2.69. The van der Waals surface area contributed by atoms with E-state index >= 15 is 0 Å². The Morgan fingerprint density at radius 2 is 2.29 bits per heavy atom. The summed E-state index contributed by atoms with van der Waals surface area (Å²) in [5, 5.41) is 14.5. The van der Waals surface area contributed by atoms with Gasteiger partial charge in [0.25, 0.3) is 0 Å². The third kappa shape index (κ3) is 5.36. The maximum Gasteiger partial charge on any atom is 0.0641 e. The van der Waals surface area contributed by atoms with Crippen LogP contribution in [0.15, 0.2) is 10.3 Å². The summed E-state index contributed by atoms with van der Waals surface area (Å²) in [6.45, 7) is 0.673. The summed E-state index contributed by atoms with van der Waals surface area (Å²) in [6.07, 6.45) is 0.640. The summed E-state index contributed by atoms with van der Waals surface area (Å²) in [4.78, 5) is 0. The Bertz CT molecular complexity index is 54.1. The van der Waals surface area contributed by atoms with E-state index in [-0.39, 0.29) is 6.61 Å². The molecule has 4 nitrogen and oxygen atoms in total. The van der Waals surface area contributed by atoms with Gasteiger partial charge in [0.2, 0.25) is 0 Å². The van der Waals surface area contributed by atoms with E-state index in [9.17, 15) is 0 Å². The van der Waals surface area contributed by atoms with Crippen molar-refractivity contribution >= 4 is 0 Å². The lowest BCUT2D eigenvalue weighted by Gasteiger charge is -1.82. The maximum absolute atomic E-state index is 8.15. The van der Waals surface area contributed by atoms with Gasteiger partial charge in [-0.15, -0.1) is 0 Å². The fourth-order valence-electron chi connectivity index (χ4n) is 0.199. The molecule has 0 aliphatic rings. The van der Waals surface area contributed by atoms with Crippen LogP contribution in [0, 0.1) is 0 Å². The second-order valence-corrected chi connectivity index (χ2v) is 1.06. The lowest BCUT2D eigenvalue weighted by Crippen LogP contribution is -1.86. The van der Waals surface area contributed by atoms with Crippen LogP contribution in [0.4, 0.5) is 0 Å². The van der Waals surface area contributed by atoms with Crippen LogP contribution in [-0.4, -0.2) is 18.3 Å². The maximum atomic E-state index is 8.15. The SMILES string of the molecule is NN=NCCCO. The first-order valence-corrected chi connectivity index (χ1v) is 2.09. The molecule has 0 spiro atoms. The second kappa shape index (κ2) is 5.36. The minimum absolute atomic E-state index is 0.152. The first-order valence-electron chi connectivity index (χ1n) is 2.09. The molecule has 0 saturated heterocycles. The zero-order chi connectivity index (χ0) is 5.54. The molecule has 0 aromatic rings. The van der Waals surface area contributed by atoms with Crippen molar-refractivity contribution in [1.29, 1.82) is 0 Å². The first-order chi connectivity index (χ1) is 3.41.